The second-order valence-corrected chi connectivity index (χ2v) is 12.6. The van der Waals surface area contributed by atoms with E-state index in [0.717, 1.165) is 42.4 Å². The van der Waals surface area contributed by atoms with Gasteiger partial charge >= 0.3 is 0 Å². The zero-order valence-electron chi connectivity index (χ0n) is 23.9. The molecule has 0 bridgehead atoms. The number of rotatable bonds is 11. The Morgan fingerprint density at radius 1 is 0.789 bits per heavy atom. The minimum Gasteiger partial charge on any atom is -0.491 e. The smallest absolute Gasteiger partial charge is 0.267 e. The third-order valence-corrected chi connectivity index (χ3v) is 10.3. The van der Waals surface area contributed by atoms with Crippen LogP contribution < -0.4 is 4.74 Å². The number of alkyl halides is 2. The minimum atomic E-state index is -2.86. The summed E-state index contributed by atoms with van der Waals surface area (Å²) in [4.78, 5) is 0. The van der Waals surface area contributed by atoms with Crippen molar-refractivity contribution < 1.29 is 17.9 Å². The summed E-state index contributed by atoms with van der Waals surface area (Å²) in [6.45, 7) is 4.27. The number of benzene rings is 1. The first-order chi connectivity index (χ1) is 18.5. The first-order valence-corrected chi connectivity index (χ1v) is 15.9. The summed E-state index contributed by atoms with van der Waals surface area (Å²) in [5.74, 6) is 4.06. The van der Waals surface area contributed by atoms with Crippen molar-refractivity contribution in [3.63, 3.8) is 0 Å². The number of unbranched alkanes of at least 4 members (excludes halogenated alkanes) is 2. The second kappa shape index (κ2) is 14.8. The van der Waals surface area contributed by atoms with Crippen molar-refractivity contribution in [3.05, 3.63) is 35.2 Å². The molecule has 0 spiro atoms. The molecule has 0 heterocycles. The Labute approximate surface area is 230 Å². The molecule has 0 radical (unpaired) electrons. The zero-order valence-corrected chi connectivity index (χ0v) is 23.9. The van der Waals surface area contributed by atoms with Crippen molar-refractivity contribution in [2.24, 2.45) is 35.5 Å². The van der Waals surface area contributed by atoms with Gasteiger partial charge in [0.05, 0.1) is 12.2 Å². The van der Waals surface area contributed by atoms with Gasteiger partial charge in [0.25, 0.3) is 6.43 Å². The highest BCUT2D eigenvalue weighted by Gasteiger charge is 2.34. The predicted molar refractivity (Wildman–Crippen MR) is 152 cm³/mol. The lowest BCUT2D eigenvalue weighted by Gasteiger charge is -2.41. The molecule has 0 amide bonds. The molecule has 1 nitrogen and oxygen atoms in total. The Bertz CT molecular complexity index is 857. The monoisotopic (exact) mass is 532 g/mol. The van der Waals surface area contributed by atoms with Crippen molar-refractivity contribution in [2.45, 2.75) is 123 Å². The maximum Gasteiger partial charge on any atom is 0.267 e. The highest BCUT2D eigenvalue weighted by molar-refractivity contribution is 5.57. The summed E-state index contributed by atoms with van der Waals surface area (Å²) >= 11 is 0. The molecule has 3 aliphatic carbocycles. The summed E-state index contributed by atoms with van der Waals surface area (Å²) in [6, 6.07) is 3.03. The van der Waals surface area contributed by atoms with Crippen LogP contribution in [0.15, 0.2) is 18.2 Å². The average molecular weight is 533 g/mol. The van der Waals surface area contributed by atoms with E-state index in [2.05, 4.69) is 6.92 Å². The van der Waals surface area contributed by atoms with Gasteiger partial charge in [0.15, 0.2) is 11.6 Å². The number of halogens is 3. The molecule has 4 heteroatoms. The van der Waals surface area contributed by atoms with Crippen LogP contribution in [0.25, 0.3) is 6.08 Å². The van der Waals surface area contributed by atoms with E-state index in [1.165, 1.54) is 96.0 Å². The van der Waals surface area contributed by atoms with Crippen LogP contribution in [0.5, 0.6) is 5.75 Å². The third kappa shape index (κ3) is 7.81. The van der Waals surface area contributed by atoms with Gasteiger partial charge in [0.1, 0.15) is 0 Å². The van der Waals surface area contributed by atoms with Crippen molar-refractivity contribution in [3.8, 4) is 5.75 Å². The van der Waals surface area contributed by atoms with E-state index in [4.69, 9.17) is 4.74 Å². The van der Waals surface area contributed by atoms with Crippen LogP contribution in [0.4, 0.5) is 13.2 Å². The van der Waals surface area contributed by atoms with Gasteiger partial charge in [-0.15, -0.1) is 0 Å². The van der Waals surface area contributed by atoms with E-state index >= 15 is 0 Å². The van der Waals surface area contributed by atoms with Crippen LogP contribution in [-0.2, 0) is 0 Å². The summed E-state index contributed by atoms with van der Waals surface area (Å²) in [5.41, 5.74) is -0.265. The average Bonchev–Trinajstić information content (AvgIpc) is 2.94. The molecular formula is C34H51F3O. The van der Waals surface area contributed by atoms with E-state index in [1.54, 1.807) is 19.1 Å². The number of hydrogen-bond donors (Lipinski definition) is 0. The summed E-state index contributed by atoms with van der Waals surface area (Å²) in [7, 11) is 0. The fourth-order valence-corrected chi connectivity index (χ4v) is 7.99. The third-order valence-electron chi connectivity index (χ3n) is 10.3. The quantitative estimate of drug-likeness (QED) is 0.258. The fourth-order valence-electron chi connectivity index (χ4n) is 7.99. The van der Waals surface area contributed by atoms with Crippen LogP contribution in [0.3, 0.4) is 0 Å². The highest BCUT2D eigenvalue weighted by atomic mass is 19.3. The lowest BCUT2D eigenvalue weighted by Crippen LogP contribution is -2.29. The van der Waals surface area contributed by atoms with E-state index in [0.29, 0.717) is 5.92 Å². The first-order valence-electron chi connectivity index (χ1n) is 15.9. The van der Waals surface area contributed by atoms with Crippen molar-refractivity contribution >= 4 is 6.08 Å². The second-order valence-electron chi connectivity index (χ2n) is 12.6. The topological polar surface area (TPSA) is 9.23 Å². The van der Waals surface area contributed by atoms with E-state index < -0.39 is 17.8 Å². The molecular weight excluding hydrogens is 481 g/mol. The lowest BCUT2D eigenvalue weighted by atomic mass is 9.65. The van der Waals surface area contributed by atoms with Crippen LogP contribution in [0.2, 0.25) is 0 Å². The maximum absolute atomic E-state index is 14.6. The van der Waals surface area contributed by atoms with Gasteiger partial charge in [-0.1, -0.05) is 63.7 Å². The van der Waals surface area contributed by atoms with Gasteiger partial charge in [0.2, 0.25) is 0 Å². The molecule has 0 aromatic heterocycles. The number of allylic oxidation sites excluding steroid dienone is 1. The predicted octanol–water partition coefficient (Wildman–Crippen LogP) is 11.2. The van der Waals surface area contributed by atoms with E-state index in [-0.39, 0.29) is 17.9 Å². The first kappa shape index (κ1) is 29.5. The van der Waals surface area contributed by atoms with Crippen molar-refractivity contribution in [1.82, 2.24) is 0 Å². The van der Waals surface area contributed by atoms with Crippen molar-refractivity contribution in [2.75, 3.05) is 6.61 Å². The van der Waals surface area contributed by atoms with Gasteiger partial charge < -0.3 is 4.74 Å². The Balaban J connectivity index is 1.20. The number of hydrogen-bond acceptors (Lipinski definition) is 1. The SMILES string of the molecule is CCCCCC1CCC(C2CCC(C3CCC(C=Cc4ccc(OCC)c(F)c4C(F)F)CC3)CC2)CC1. The normalized spacial score (nSPS) is 30.7. The van der Waals surface area contributed by atoms with Crippen LogP contribution in [0, 0.1) is 41.3 Å². The molecule has 3 saturated carbocycles. The molecule has 0 aliphatic heterocycles. The Kier molecular flexibility index (Phi) is 11.5. The van der Waals surface area contributed by atoms with Gasteiger partial charge in [-0.2, -0.15) is 0 Å². The van der Waals surface area contributed by atoms with Gasteiger partial charge in [-0.05, 0) is 118 Å². The molecule has 1 aromatic carbocycles. The molecule has 0 saturated heterocycles. The molecule has 0 unspecified atom stereocenters. The molecule has 1 aromatic rings. The van der Waals surface area contributed by atoms with Crippen LogP contribution in [-0.4, -0.2) is 6.61 Å². The summed E-state index contributed by atoms with van der Waals surface area (Å²) in [5, 5.41) is 0. The Morgan fingerprint density at radius 2 is 1.34 bits per heavy atom. The Hall–Kier alpha value is -1.45. The minimum absolute atomic E-state index is 0.0923. The van der Waals surface area contributed by atoms with Gasteiger partial charge in [0, 0.05) is 0 Å². The van der Waals surface area contributed by atoms with Crippen LogP contribution in [0.1, 0.15) is 134 Å². The van der Waals surface area contributed by atoms with Gasteiger partial charge in [-0.25, -0.2) is 13.2 Å². The van der Waals surface area contributed by atoms with Crippen LogP contribution >= 0.6 is 0 Å². The molecule has 214 valence electrons. The van der Waals surface area contributed by atoms with E-state index in [1.807, 2.05) is 6.08 Å². The van der Waals surface area contributed by atoms with E-state index in [9.17, 15) is 13.2 Å². The zero-order chi connectivity index (χ0) is 26.9. The number of ether oxygens (including phenoxy) is 1. The largest absolute Gasteiger partial charge is 0.491 e. The molecule has 0 N–H and O–H groups in total. The summed E-state index contributed by atoms with van der Waals surface area (Å²) in [6.07, 6.45) is 22.9. The summed E-state index contributed by atoms with van der Waals surface area (Å²) < 4.78 is 47.0. The highest BCUT2D eigenvalue weighted by Crippen LogP contribution is 2.46. The molecule has 38 heavy (non-hydrogen) atoms. The lowest BCUT2D eigenvalue weighted by molar-refractivity contribution is 0.107. The Morgan fingerprint density at radius 3 is 1.87 bits per heavy atom. The molecule has 3 aliphatic rings. The standard InChI is InChI=1S/C34H51F3O/c1-3-5-6-7-24-8-13-26(14-9-24)28-18-20-29(21-19-28)27-15-10-25(11-16-27)12-17-30-22-23-31(38-4-2)33(35)32(30)34(36)37/h12,17,22-29,34H,3-11,13-16,18-21H2,1-2H3. The molecule has 0 atom stereocenters. The fraction of sp³-hybridized carbons (Fsp3) is 0.765. The molecule has 3 fully saturated rings. The van der Waals surface area contributed by atoms with Crippen molar-refractivity contribution in [1.29, 1.82) is 0 Å². The maximum atomic E-state index is 14.6. The van der Waals surface area contributed by atoms with Gasteiger partial charge in [-0.3, -0.25) is 0 Å². The molecule has 4 rings (SSSR count).